The summed E-state index contributed by atoms with van der Waals surface area (Å²) in [6.07, 6.45) is 1.57. The van der Waals surface area contributed by atoms with Crippen LogP contribution in [-0.2, 0) is 4.79 Å². The van der Waals surface area contributed by atoms with Crippen molar-refractivity contribution in [2.24, 2.45) is 5.10 Å². The largest absolute Gasteiger partial charge is 0.484 e. The standard InChI is InChI=1S/C14H11N3O2S/c15-8-11-3-5-12(6-4-11)19-10-14(18)17-16-9-13-2-1-7-20-13/h1-7,9H,10H2,(H,17,18)/b16-9-. The lowest BCUT2D eigenvalue weighted by Gasteiger charge is -2.04. The predicted molar refractivity (Wildman–Crippen MR) is 76.7 cm³/mol. The Labute approximate surface area is 120 Å². The second kappa shape index (κ2) is 7.07. The van der Waals surface area contributed by atoms with Gasteiger partial charge in [-0.1, -0.05) is 6.07 Å². The first-order chi connectivity index (χ1) is 9.78. The highest BCUT2D eigenvalue weighted by Gasteiger charge is 2.01. The van der Waals surface area contributed by atoms with Gasteiger partial charge in [0, 0.05) is 4.88 Å². The number of nitrogens with one attached hydrogen (secondary N) is 1. The lowest BCUT2D eigenvalue weighted by molar-refractivity contribution is -0.123. The smallest absolute Gasteiger partial charge is 0.277 e. The van der Waals surface area contributed by atoms with Gasteiger partial charge in [-0.15, -0.1) is 11.3 Å². The Bertz CT molecular complexity index is 627. The number of hydrogen-bond acceptors (Lipinski definition) is 5. The summed E-state index contributed by atoms with van der Waals surface area (Å²) in [4.78, 5) is 12.4. The molecule has 0 atom stereocenters. The molecule has 1 aromatic carbocycles. The topological polar surface area (TPSA) is 74.5 Å². The summed E-state index contributed by atoms with van der Waals surface area (Å²) < 4.78 is 5.26. The Balaban J connectivity index is 1.76. The molecule has 0 aliphatic carbocycles. The van der Waals surface area contributed by atoms with Crippen molar-refractivity contribution in [2.45, 2.75) is 0 Å². The van der Waals surface area contributed by atoms with Crippen LogP contribution >= 0.6 is 11.3 Å². The average molecular weight is 285 g/mol. The highest BCUT2D eigenvalue weighted by molar-refractivity contribution is 7.11. The van der Waals surface area contributed by atoms with Crippen molar-refractivity contribution in [3.63, 3.8) is 0 Å². The molecule has 1 amide bonds. The molecular formula is C14H11N3O2S. The van der Waals surface area contributed by atoms with Gasteiger partial charge >= 0.3 is 0 Å². The molecule has 1 heterocycles. The number of carbonyl (C=O) groups excluding carboxylic acids is 1. The normalized spacial score (nSPS) is 10.2. The Hall–Kier alpha value is -2.65. The van der Waals surface area contributed by atoms with E-state index in [0.29, 0.717) is 11.3 Å². The van der Waals surface area contributed by atoms with Gasteiger partial charge in [-0.25, -0.2) is 5.43 Å². The van der Waals surface area contributed by atoms with Crippen LogP contribution < -0.4 is 10.2 Å². The number of hydrogen-bond donors (Lipinski definition) is 1. The van der Waals surface area contributed by atoms with Crippen LogP contribution in [0.2, 0.25) is 0 Å². The summed E-state index contributed by atoms with van der Waals surface area (Å²) in [5.41, 5.74) is 2.92. The van der Waals surface area contributed by atoms with Crippen LogP contribution in [0.15, 0.2) is 46.9 Å². The molecule has 0 fully saturated rings. The molecule has 2 aromatic rings. The Morgan fingerprint density at radius 1 is 1.40 bits per heavy atom. The van der Waals surface area contributed by atoms with Crippen molar-refractivity contribution in [1.82, 2.24) is 5.43 Å². The molecule has 100 valence electrons. The van der Waals surface area contributed by atoms with E-state index in [0.717, 1.165) is 4.88 Å². The zero-order valence-corrected chi connectivity index (χ0v) is 11.3. The molecule has 2 rings (SSSR count). The first-order valence-electron chi connectivity index (χ1n) is 5.76. The Morgan fingerprint density at radius 3 is 2.85 bits per heavy atom. The van der Waals surface area contributed by atoms with E-state index in [1.807, 2.05) is 23.6 Å². The van der Waals surface area contributed by atoms with E-state index in [1.54, 1.807) is 30.5 Å². The lowest BCUT2D eigenvalue weighted by atomic mass is 10.2. The fraction of sp³-hybridized carbons (Fsp3) is 0.0714. The summed E-state index contributed by atoms with van der Waals surface area (Å²) in [5.74, 6) is 0.184. The molecule has 6 heteroatoms. The third-order valence-corrected chi connectivity index (χ3v) is 3.08. The summed E-state index contributed by atoms with van der Waals surface area (Å²) >= 11 is 1.53. The van der Waals surface area contributed by atoms with Crippen molar-refractivity contribution in [2.75, 3.05) is 6.61 Å². The first kappa shape index (κ1) is 13.8. The SMILES string of the molecule is N#Cc1ccc(OCC(=O)N/N=C\c2cccs2)cc1. The summed E-state index contributed by atoms with van der Waals surface area (Å²) in [6.45, 7) is -0.131. The molecule has 0 saturated carbocycles. The number of ether oxygens (including phenoxy) is 1. The fourth-order valence-corrected chi connectivity index (χ4v) is 1.92. The summed E-state index contributed by atoms with van der Waals surface area (Å²) in [6, 6.07) is 12.3. The van der Waals surface area contributed by atoms with Gasteiger partial charge in [0.25, 0.3) is 5.91 Å². The number of thiophene rings is 1. The van der Waals surface area contributed by atoms with Gasteiger partial charge in [-0.05, 0) is 35.7 Å². The number of amides is 1. The van der Waals surface area contributed by atoms with E-state index in [2.05, 4.69) is 10.5 Å². The zero-order chi connectivity index (χ0) is 14.2. The molecule has 0 bridgehead atoms. The van der Waals surface area contributed by atoms with Gasteiger partial charge in [0.15, 0.2) is 6.61 Å². The number of hydrazone groups is 1. The van der Waals surface area contributed by atoms with E-state index in [1.165, 1.54) is 11.3 Å². The van der Waals surface area contributed by atoms with E-state index in [-0.39, 0.29) is 12.5 Å². The summed E-state index contributed by atoms with van der Waals surface area (Å²) in [5, 5.41) is 14.4. The van der Waals surface area contributed by atoms with Crippen molar-refractivity contribution in [1.29, 1.82) is 5.26 Å². The van der Waals surface area contributed by atoms with Gasteiger partial charge in [-0.3, -0.25) is 4.79 Å². The molecule has 0 aliphatic heterocycles. The minimum Gasteiger partial charge on any atom is -0.484 e. The highest BCUT2D eigenvalue weighted by Crippen LogP contribution is 2.11. The molecule has 5 nitrogen and oxygen atoms in total. The van der Waals surface area contributed by atoms with Crippen LogP contribution in [0, 0.1) is 11.3 Å². The van der Waals surface area contributed by atoms with Crippen LogP contribution in [-0.4, -0.2) is 18.7 Å². The Morgan fingerprint density at radius 2 is 2.20 bits per heavy atom. The van der Waals surface area contributed by atoms with Gasteiger partial charge in [-0.2, -0.15) is 10.4 Å². The zero-order valence-electron chi connectivity index (χ0n) is 10.4. The summed E-state index contributed by atoms with van der Waals surface area (Å²) in [7, 11) is 0. The van der Waals surface area contributed by atoms with Gasteiger partial charge in [0.05, 0.1) is 17.8 Å². The van der Waals surface area contributed by atoms with Crippen molar-refractivity contribution in [3.8, 4) is 11.8 Å². The molecule has 0 spiro atoms. The number of benzene rings is 1. The molecule has 0 saturated heterocycles. The second-order valence-electron chi connectivity index (χ2n) is 3.73. The van der Waals surface area contributed by atoms with E-state index in [9.17, 15) is 4.79 Å². The highest BCUT2D eigenvalue weighted by atomic mass is 32.1. The minimum atomic E-state index is -0.345. The quantitative estimate of drug-likeness (QED) is 0.675. The van der Waals surface area contributed by atoms with Crippen LogP contribution in [0.1, 0.15) is 10.4 Å². The van der Waals surface area contributed by atoms with Crippen LogP contribution in [0.5, 0.6) is 5.75 Å². The van der Waals surface area contributed by atoms with E-state index >= 15 is 0 Å². The molecule has 1 aromatic heterocycles. The van der Waals surface area contributed by atoms with Crippen LogP contribution in [0.3, 0.4) is 0 Å². The maximum atomic E-state index is 11.5. The second-order valence-corrected chi connectivity index (χ2v) is 4.71. The van der Waals surface area contributed by atoms with Gasteiger partial charge < -0.3 is 4.74 Å². The van der Waals surface area contributed by atoms with Crippen molar-refractivity contribution < 1.29 is 9.53 Å². The number of nitriles is 1. The van der Waals surface area contributed by atoms with Gasteiger partial charge in [0.2, 0.25) is 0 Å². The maximum absolute atomic E-state index is 11.5. The third kappa shape index (κ3) is 4.23. The minimum absolute atomic E-state index is 0.131. The average Bonchev–Trinajstić information content (AvgIpc) is 2.99. The number of rotatable bonds is 5. The van der Waals surface area contributed by atoms with Crippen LogP contribution in [0.4, 0.5) is 0 Å². The molecule has 1 N–H and O–H groups in total. The number of carbonyl (C=O) groups is 1. The van der Waals surface area contributed by atoms with E-state index in [4.69, 9.17) is 10.00 Å². The number of nitrogens with zero attached hydrogens (tertiary/aromatic N) is 2. The maximum Gasteiger partial charge on any atom is 0.277 e. The monoisotopic (exact) mass is 285 g/mol. The molecule has 0 aliphatic rings. The first-order valence-corrected chi connectivity index (χ1v) is 6.64. The van der Waals surface area contributed by atoms with Gasteiger partial charge in [0.1, 0.15) is 5.75 Å². The molecule has 0 unspecified atom stereocenters. The lowest BCUT2D eigenvalue weighted by Crippen LogP contribution is -2.24. The molecule has 20 heavy (non-hydrogen) atoms. The Kier molecular flexibility index (Phi) is 4.87. The van der Waals surface area contributed by atoms with Crippen molar-refractivity contribution in [3.05, 3.63) is 52.2 Å². The predicted octanol–water partition coefficient (Wildman–Crippen LogP) is 2.15. The van der Waals surface area contributed by atoms with E-state index < -0.39 is 0 Å². The molecule has 0 radical (unpaired) electrons. The van der Waals surface area contributed by atoms with Crippen molar-refractivity contribution >= 4 is 23.5 Å². The molecular weight excluding hydrogens is 274 g/mol. The fourth-order valence-electron chi connectivity index (χ4n) is 1.34. The van der Waals surface area contributed by atoms with Crippen LogP contribution in [0.25, 0.3) is 0 Å². The third-order valence-electron chi connectivity index (χ3n) is 2.28.